The summed E-state index contributed by atoms with van der Waals surface area (Å²) >= 11 is 3.12. The molecule has 0 saturated heterocycles. The second kappa shape index (κ2) is 4.67. The Hall–Kier alpha value is -1.69. The van der Waals surface area contributed by atoms with Crippen LogP contribution in [0.2, 0.25) is 0 Å². The highest BCUT2D eigenvalue weighted by atomic mass is 79.9. The topological polar surface area (TPSA) is 60.9 Å². The molecule has 2 heterocycles. The van der Waals surface area contributed by atoms with Crippen LogP contribution in [0.3, 0.4) is 0 Å². The summed E-state index contributed by atoms with van der Waals surface area (Å²) in [5, 5.41) is 0. The van der Waals surface area contributed by atoms with Crippen LogP contribution < -0.4 is 11.3 Å². The molecule has 2 rings (SSSR count). The van der Waals surface area contributed by atoms with E-state index in [2.05, 4.69) is 20.9 Å². The molecule has 2 N–H and O–H groups in total. The number of nitrogen functional groups attached to an aromatic ring is 1. The summed E-state index contributed by atoms with van der Waals surface area (Å²) in [7, 11) is 0. The molecule has 0 atom stereocenters. The summed E-state index contributed by atoms with van der Waals surface area (Å²) in [6, 6.07) is 2.86. The number of halogens is 2. The van der Waals surface area contributed by atoms with Gasteiger partial charge in [0.15, 0.2) is 0 Å². The van der Waals surface area contributed by atoms with Crippen molar-refractivity contribution in [3.8, 4) is 0 Å². The Morgan fingerprint density at radius 2 is 2.18 bits per heavy atom. The lowest BCUT2D eigenvalue weighted by Crippen LogP contribution is -2.21. The fourth-order valence-electron chi connectivity index (χ4n) is 1.48. The van der Waals surface area contributed by atoms with E-state index in [9.17, 15) is 9.18 Å². The van der Waals surface area contributed by atoms with E-state index < -0.39 is 5.82 Å². The molecular formula is C11H9BrFN3O. The summed E-state index contributed by atoms with van der Waals surface area (Å²) < 4.78 is 14.7. The molecule has 0 aliphatic rings. The minimum absolute atomic E-state index is 0.219. The lowest BCUT2D eigenvalue weighted by atomic mass is 10.2. The van der Waals surface area contributed by atoms with Crippen LogP contribution in [0.15, 0.2) is 40.0 Å². The highest BCUT2D eigenvalue weighted by Crippen LogP contribution is 2.10. The van der Waals surface area contributed by atoms with Crippen LogP contribution in [0, 0.1) is 5.82 Å². The van der Waals surface area contributed by atoms with Gasteiger partial charge in [-0.15, -0.1) is 0 Å². The number of hydrogen-bond acceptors (Lipinski definition) is 3. The molecule has 0 aliphatic heterocycles. The Labute approximate surface area is 105 Å². The predicted octanol–water partition coefficient (Wildman–Crippen LogP) is 1.78. The van der Waals surface area contributed by atoms with Gasteiger partial charge in [0, 0.05) is 18.1 Å². The number of aromatic nitrogens is 2. The van der Waals surface area contributed by atoms with E-state index >= 15 is 0 Å². The van der Waals surface area contributed by atoms with Gasteiger partial charge in [0.2, 0.25) is 0 Å². The zero-order valence-corrected chi connectivity index (χ0v) is 10.3. The minimum atomic E-state index is -0.432. The maximum absolute atomic E-state index is 12.9. The van der Waals surface area contributed by atoms with Crippen LogP contribution in [-0.2, 0) is 6.54 Å². The van der Waals surface area contributed by atoms with Gasteiger partial charge in [0.25, 0.3) is 5.56 Å². The molecule has 0 aromatic carbocycles. The quantitative estimate of drug-likeness (QED) is 0.919. The Kier molecular flexibility index (Phi) is 3.23. The molecule has 0 radical (unpaired) electrons. The van der Waals surface area contributed by atoms with Crippen LogP contribution >= 0.6 is 15.9 Å². The molecule has 0 unspecified atom stereocenters. The van der Waals surface area contributed by atoms with E-state index in [1.807, 2.05) is 0 Å². The Bertz CT molecular complexity index is 612. The molecule has 17 heavy (non-hydrogen) atoms. The SMILES string of the molecule is Nc1cc(Br)c(=O)n(Cc2cncc(F)c2)c1. The fourth-order valence-corrected chi connectivity index (χ4v) is 1.97. The molecule has 0 fully saturated rings. The molecule has 0 bridgehead atoms. The van der Waals surface area contributed by atoms with Crippen LogP contribution in [0.1, 0.15) is 5.56 Å². The largest absolute Gasteiger partial charge is 0.398 e. The van der Waals surface area contributed by atoms with Crippen LogP contribution in [-0.4, -0.2) is 9.55 Å². The van der Waals surface area contributed by atoms with Crippen LogP contribution in [0.4, 0.5) is 10.1 Å². The maximum atomic E-state index is 12.9. The third-order valence-electron chi connectivity index (χ3n) is 2.18. The molecule has 88 valence electrons. The molecule has 0 aliphatic carbocycles. The van der Waals surface area contributed by atoms with E-state index in [1.54, 1.807) is 0 Å². The highest BCUT2D eigenvalue weighted by Gasteiger charge is 2.04. The van der Waals surface area contributed by atoms with Crippen LogP contribution in [0.5, 0.6) is 0 Å². The van der Waals surface area contributed by atoms with E-state index in [4.69, 9.17) is 5.73 Å². The van der Waals surface area contributed by atoms with Crippen molar-refractivity contribution in [3.05, 3.63) is 56.9 Å². The van der Waals surface area contributed by atoms with Crippen molar-refractivity contribution < 1.29 is 4.39 Å². The van der Waals surface area contributed by atoms with Crippen molar-refractivity contribution >= 4 is 21.6 Å². The Balaban J connectivity index is 2.40. The molecule has 2 aromatic rings. The third kappa shape index (κ3) is 2.71. The van der Waals surface area contributed by atoms with Gasteiger partial charge < -0.3 is 10.3 Å². The molecule has 6 heteroatoms. The average Bonchev–Trinajstić information content (AvgIpc) is 2.25. The van der Waals surface area contributed by atoms with Crippen molar-refractivity contribution in [2.45, 2.75) is 6.54 Å². The second-order valence-corrected chi connectivity index (χ2v) is 4.42. The first kappa shape index (κ1) is 11.8. The summed E-state index contributed by atoms with van der Waals surface area (Å²) in [6.45, 7) is 0.229. The van der Waals surface area contributed by atoms with Gasteiger partial charge >= 0.3 is 0 Å². The van der Waals surface area contributed by atoms with Crippen LogP contribution in [0.25, 0.3) is 0 Å². The number of rotatable bonds is 2. The molecule has 2 aromatic heterocycles. The zero-order valence-electron chi connectivity index (χ0n) is 8.73. The van der Waals surface area contributed by atoms with Gasteiger partial charge in [0.05, 0.1) is 17.2 Å². The van der Waals surface area contributed by atoms with Gasteiger partial charge in [-0.1, -0.05) is 0 Å². The molecule has 0 amide bonds. The maximum Gasteiger partial charge on any atom is 0.265 e. The summed E-state index contributed by atoms with van der Waals surface area (Å²) in [5.41, 5.74) is 6.47. The molecule has 4 nitrogen and oxygen atoms in total. The van der Waals surface area contributed by atoms with Crippen molar-refractivity contribution in [1.29, 1.82) is 0 Å². The monoisotopic (exact) mass is 297 g/mol. The fraction of sp³-hybridized carbons (Fsp3) is 0.0909. The van der Waals surface area contributed by atoms with Crippen molar-refractivity contribution in [3.63, 3.8) is 0 Å². The predicted molar refractivity (Wildman–Crippen MR) is 66.1 cm³/mol. The van der Waals surface area contributed by atoms with Crippen molar-refractivity contribution in [1.82, 2.24) is 9.55 Å². The highest BCUT2D eigenvalue weighted by molar-refractivity contribution is 9.10. The first-order valence-corrected chi connectivity index (χ1v) is 5.60. The molecule has 0 saturated carbocycles. The molecule has 0 spiro atoms. The Morgan fingerprint density at radius 1 is 1.41 bits per heavy atom. The normalized spacial score (nSPS) is 10.5. The van der Waals surface area contributed by atoms with E-state index in [-0.39, 0.29) is 12.1 Å². The molecular weight excluding hydrogens is 289 g/mol. The standard InChI is InChI=1S/C11H9BrFN3O/c12-10-2-9(14)6-16(11(10)17)5-7-1-8(13)4-15-3-7/h1-4,6H,5,14H2. The zero-order chi connectivity index (χ0) is 12.4. The van der Waals surface area contributed by atoms with E-state index in [0.29, 0.717) is 15.7 Å². The van der Waals surface area contributed by atoms with Gasteiger partial charge in [0.1, 0.15) is 5.82 Å². The van der Waals surface area contributed by atoms with E-state index in [1.165, 1.54) is 29.1 Å². The Morgan fingerprint density at radius 3 is 2.88 bits per heavy atom. The number of hydrogen-bond donors (Lipinski definition) is 1. The number of nitrogens with two attached hydrogens (primary N) is 1. The summed E-state index contributed by atoms with van der Waals surface area (Å²) in [6.07, 6.45) is 4.13. The third-order valence-corrected chi connectivity index (χ3v) is 2.75. The van der Waals surface area contributed by atoms with Gasteiger partial charge in [-0.25, -0.2) is 4.39 Å². The van der Waals surface area contributed by atoms with Gasteiger partial charge in [-0.3, -0.25) is 9.78 Å². The van der Waals surface area contributed by atoms with Gasteiger partial charge in [-0.05, 0) is 33.6 Å². The number of pyridine rings is 2. The second-order valence-electron chi connectivity index (χ2n) is 3.57. The van der Waals surface area contributed by atoms with Crippen molar-refractivity contribution in [2.75, 3.05) is 5.73 Å². The first-order chi connectivity index (χ1) is 8.06. The number of nitrogens with zero attached hydrogens (tertiary/aromatic N) is 2. The first-order valence-electron chi connectivity index (χ1n) is 4.81. The minimum Gasteiger partial charge on any atom is -0.398 e. The van der Waals surface area contributed by atoms with E-state index in [0.717, 1.165) is 6.20 Å². The lowest BCUT2D eigenvalue weighted by Gasteiger charge is -2.07. The van der Waals surface area contributed by atoms with Gasteiger partial charge in [-0.2, -0.15) is 0 Å². The lowest BCUT2D eigenvalue weighted by molar-refractivity contribution is 0.615. The summed E-state index contributed by atoms with van der Waals surface area (Å²) in [5.74, 6) is -0.432. The average molecular weight is 298 g/mol. The summed E-state index contributed by atoms with van der Waals surface area (Å²) in [4.78, 5) is 15.5. The number of anilines is 1. The smallest absolute Gasteiger partial charge is 0.265 e. The van der Waals surface area contributed by atoms with Crippen molar-refractivity contribution in [2.24, 2.45) is 0 Å².